The average Bonchev–Trinajstić information content (AvgIpc) is 2.41. The van der Waals surface area contributed by atoms with E-state index in [4.69, 9.17) is 0 Å². The molecule has 0 aliphatic carbocycles. The molecule has 19 heavy (non-hydrogen) atoms. The summed E-state index contributed by atoms with van der Waals surface area (Å²) < 4.78 is 0.548. The minimum Gasteiger partial charge on any atom is -0.296 e. The first-order chi connectivity index (χ1) is 9.11. The van der Waals surface area contributed by atoms with Crippen molar-refractivity contribution < 1.29 is 4.92 Å². The molecule has 1 saturated heterocycles. The van der Waals surface area contributed by atoms with E-state index in [0.29, 0.717) is 10.5 Å². The van der Waals surface area contributed by atoms with Crippen LogP contribution in [0.5, 0.6) is 0 Å². The van der Waals surface area contributed by atoms with Gasteiger partial charge in [0, 0.05) is 18.7 Å². The van der Waals surface area contributed by atoms with Gasteiger partial charge in [-0.2, -0.15) is 0 Å². The van der Waals surface area contributed by atoms with Crippen LogP contribution in [-0.2, 0) is 6.54 Å². The van der Waals surface area contributed by atoms with Crippen molar-refractivity contribution in [2.45, 2.75) is 45.2 Å². The lowest BCUT2D eigenvalue weighted by Gasteiger charge is -2.35. The van der Waals surface area contributed by atoms with Crippen molar-refractivity contribution in [3.05, 3.63) is 38.3 Å². The summed E-state index contributed by atoms with van der Waals surface area (Å²) in [4.78, 5) is 13.1. The van der Waals surface area contributed by atoms with Gasteiger partial charge in [-0.3, -0.25) is 15.0 Å². The number of nitro groups is 1. The first-order valence-corrected chi connectivity index (χ1v) is 7.58. The van der Waals surface area contributed by atoms with Gasteiger partial charge in [0.2, 0.25) is 0 Å². The highest BCUT2D eigenvalue weighted by molar-refractivity contribution is 9.10. The zero-order chi connectivity index (χ0) is 13.8. The molecule has 0 saturated carbocycles. The van der Waals surface area contributed by atoms with Gasteiger partial charge in [0.25, 0.3) is 5.69 Å². The van der Waals surface area contributed by atoms with Gasteiger partial charge in [-0.1, -0.05) is 19.4 Å². The van der Waals surface area contributed by atoms with Crippen LogP contribution in [0.3, 0.4) is 0 Å². The molecule has 1 unspecified atom stereocenters. The molecular weight excluding hydrogens is 308 g/mol. The molecule has 1 aliphatic heterocycles. The zero-order valence-corrected chi connectivity index (χ0v) is 12.7. The Bertz CT molecular complexity index is 465. The Morgan fingerprint density at radius 3 is 2.95 bits per heavy atom. The van der Waals surface area contributed by atoms with Crippen molar-refractivity contribution >= 4 is 21.6 Å². The van der Waals surface area contributed by atoms with Crippen LogP contribution in [-0.4, -0.2) is 22.4 Å². The lowest BCUT2D eigenvalue weighted by molar-refractivity contribution is -0.385. The van der Waals surface area contributed by atoms with Crippen molar-refractivity contribution in [1.82, 2.24) is 4.90 Å². The van der Waals surface area contributed by atoms with Crippen molar-refractivity contribution in [3.63, 3.8) is 0 Å². The van der Waals surface area contributed by atoms with E-state index in [9.17, 15) is 10.1 Å². The van der Waals surface area contributed by atoms with Crippen LogP contribution in [0.15, 0.2) is 22.7 Å². The van der Waals surface area contributed by atoms with E-state index in [1.807, 2.05) is 6.07 Å². The fraction of sp³-hybridized carbons (Fsp3) is 0.571. The van der Waals surface area contributed by atoms with E-state index in [1.54, 1.807) is 12.1 Å². The molecule has 0 aromatic heterocycles. The Morgan fingerprint density at radius 1 is 1.47 bits per heavy atom. The maximum Gasteiger partial charge on any atom is 0.283 e. The van der Waals surface area contributed by atoms with E-state index in [0.717, 1.165) is 25.1 Å². The number of rotatable bonds is 4. The fourth-order valence-electron chi connectivity index (χ4n) is 2.76. The standard InChI is InChI=1S/C14H19BrN2O2/c1-2-12-5-3-4-8-16(12)10-11-6-7-13(15)14(9-11)17(18)19/h6-7,9,12H,2-5,8,10H2,1H3. The molecule has 104 valence electrons. The minimum absolute atomic E-state index is 0.155. The van der Waals surface area contributed by atoms with Crippen LogP contribution >= 0.6 is 15.9 Å². The van der Waals surface area contributed by atoms with E-state index in [1.165, 1.54) is 19.3 Å². The summed E-state index contributed by atoms with van der Waals surface area (Å²) in [5.41, 5.74) is 1.18. The molecule has 1 aromatic carbocycles. The second-order valence-electron chi connectivity index (χ2n) is 5.07. The molecule has 5 heteroatoms. The van der Waals surface area contributed by atoms with E-state index in [-0.39, 0.29) is 10.6 Å². The second kappa shape index (κ2) is 6.48. The summed E-state index contributed by atoms with van der Waals surface area (Å²) in [6.07, 6.45) is 4.93. The van der Waals surface area contributed by atoms with Crippen molar-refractivity contribution in [2.24, 2.45) is 0 Å². The summed E-state index contributed by atoms with van der Waals surface area (Å²) >= 11 is 3.23. The smallest absolute Gasteiger partial charge is 0.283 e. The number of nitro benzene ring substituents is 1. The number of benzene rings is 1. The van der Waals surface area contributed by atoms with Gasteiger partial charge in [0.15, 0.2) is 0 Å². The summed E-state index contributed by atoms with van der Waals surface area (Å²) in [6.45, 7) is 4.13. The topological polar surface area (TPSA) is 46.4 Å². The summed E-state index contributed by atoms with van der Waals surface area (Å²) in [5.74, 6) is 0. The molecule has 0 bridgehead atoms. The number of likely N-dealkylation sites (tertiary alicyclic amines) is 1. The third-order valence-corrected chi connectivity index (χ3v) is 4.48. The summed E-state index contributed by atoms with van der Waals surface area (Å²) in [5, 5.41) is 10.9. The number of hydrogen-bond acceptors (Lipinski definition) is 3. The molecular formula is C14H19BrN2O2. The Kier molecular flexibility index (Phi) is 4.93. The van der Waals surface area contributed by atoms with Crippen molar-refractivity contribution in [3.8, 4) is 0 Å². The first-order valence-electron chi connectivity index (χ1n) is 6.78. The Balaban J connectivity index is 2.14. The van der Waals surface area contributed by atoms with Crippen LogP contribution in [0.2, 0.25) is 0 Å². The van der Waals surface area contributed by atoms with Gasteiger partial charge in [-0.25, -0.2) is 0 Å². The number of nitrogens with zero attached hydrogens (tertiary/aromatic N) is 2. The first kappa shape index (κ1) is 14.5. The maximum absolute atomic E-state index is 10.9. The van der Waals surface area contributed by atoms with Gasteiger partial charge >= 0.3 is 0 Å². The molecule has 1 aliphatic rings. The van der Waals surface area contributed by atoms with Crippen molar-refractivity contribution in [2.75, 3.05) is 6.54 Å². The normalized spacial score (nSPS) is 20.4. The lowest BCUT2D eigenvalue weighted by atomic mass is 9.99. The van der Waals surface area contributed by atoms with Crippen LogP contribution in [0, 0.1) is 10.1 Å². The predicted molar refractivity (Wildman–Crippen MR) is 79.1 cm³/mol. The summed E-state index contributed by atoms with van der Waals surface area (Å²) in [7, 11) is 0. The zero-order valence-electron chi connectivity index (χ0n) is 11.1. The SMILES string of the molecule is CCC1CCCCN1Cc1ccc(Br)c([N+](=O)[O-])c1. The Morgan fingerprint density at radius 2 is 2.26 bits per heavy atom. The van der Waals surface area contributed by atoms with E-state index < -0.39 is 0 Å². The average molecular weight is 327 g/mol. The molecule has 2 rings (SSSR count). The molecule has 0 spiro atoms. The largest absolute Gasteiger partial charge is 0.296 e. The molecule has 4 nitrogen and oxygen atoms in total. The van der Waals surface area contributed by atoms with Gasteiger partial charge < -0.3 is 0 Å². The lowest BCUT2D eigenvalue weighted by Crippen LogP contribution is -2.38. The van der Waals surface area contributed by atoms with Crippen LogP contribution < -0.4 is 0 Å². The molecule has 1 fully saturated rings. The second-order valence-corrected chi connectivity index (χ2v) is 5.93. The molecule has 1 heterocycles. The van der Waals surface area contributed by atoms with Crippen LogP contribution in [0.1, 0.15) is 38.2 Å². The molecule has 0 amide bonds. The van der Waals surface area contributed by atoms with Gasteiger partial charge in [0.1, 0.15) is 0 Å². The molecule has 1 aromatic rings. The highest BCUT2D eigenvalue weighted by Gasteiger charge is 2.21. The maximum atomic E-state index is 10.9. The monoisotopic (exact) mass is 326 g/mol. The molecule has 0 N–H and O–H groups in total. The van der Waals surface area contributed by atoms with Crippen LogP contribution in [0.4, 0.5) is 5.69 Å². The van der Waals surface area contributed by atoms with Crippen molar-refractivity contribution in [1.29, 1.82) is 0 Å². The van der Waals surface area contributed by atoms with Crippen LogP contribution in [0.25, 0.3) is 0 Å². The Hall–Kier alpha value is -0.940. The Labute approximate surface area is 122 Å². The third kappa shape index (κ3) is 3.54. The summed E-state index contributed by atoms with van der Waals surface area (Å²) in [6, 6.07) is 6.05. The highest BCUT2D eigenvalue weighted by atomic mass is 79.9. The third-order valence-electron chi connectivity index (χ3n) is 3.81. The van der Waals surface area contributed by atoms with Gasteiger partial charge in [-0.05, 0) is 53.4 Å². The molecule has 0 radical (unpaired) electrons. The fourth-order valence-corrected chi connectivity index (χ4v) is 3.15. The van der Waals surface area contributed by atoms with Gasteiger partial charge in [0.05, 0.1) is 9.40 Å². The van der Waals surface area contributed by atoms with E-state index in [2.05, 4.69) is 27.8 Å². The van der Waals surface area contributed by atoms with E-state index >= 15 is 0 Å². The number of halogens is 1. The number of hydrogen-bond donors (Lipinski definition) is 0. The van der Waals surface area contributed by atoms with Gasteiger partial charge in [-0.15, -0.1) is 0 Å². The minimum atomic E-state index is -0.332. The quantitative estimate of drug-likeness (QED) is 0.617. The predicted octanol–water partition coefficient (Wildman–Crippen LogP) is 4.12. The number of piperidine rings is 1. The molecule has 1 atom stereocenters. The highest BCUT2D eigenvalue weighted by Crippen LogP contribution is 2.28.